The van der Waals surface area contributed by atoms with Gasteiger partial charge in [-0.05, 0) is 17.3 Å². The molecule has 9 heteroatoms. The number of halogens is 1. The molecule has 0 aliphatic heterocycles. The van der Waals surface area contributed by atoms with Gasteiger partial charge < -0.3 is 0 Å². The van der Waals surface area contributed by atoms with Crippen LogP contribution in [0.3, 0.4) is 0 Å². The lowest BCUT2D eigenvalue weighted by atomic mass is 10.2. The van der Waals surface area contributed by atoms with E-state index in [0.717, 1.165) is 5.56 Å². The number of hydrogen-bond acceptors (Lipinski definition) is 6. The number of rotatable bonds is 3. The highest BCUT2D eigenvalue weighted by Gasteiger charge is 2.09. The Hall–Kier alpha value is -2.58. The molecule has 0 fully saturated rings. The third-order valence-corrected chi connectivity index (χ3v) is 4.19. The maximum Gasteiger partial charge on any atom is 0.258 e. The quantitative estimate of drug-likeness (QED) is 0.569. The number of hydrogen-bond donors (Lipinski definition) is 0. The molecule has 0 atom stereocenters. The molecule has 3 heterocycles. The van der Waals surface area contributed by atoms with E-state index in [-0.39, 0.29) is 12.1 Å². The van der Waals surface area contributed by atoms with Gasteiger partial charge in [-0.15, -0.1) is 21.5 Å². The molecule has 0 aliphatic carbocycles. The zero-order valence-corrected chi connectivity index (χ0v) is 13.2. The molecular formula is C14H9ClN6OS. The van der Waals surface area contributed by atoms with E-state index in [1.165, 1.54) is 26.6 Å². The third-order valence-electron chi connectivity index (χ3n) is 3.20. The maximum atomic E-state index is 12.0. The zero-order chi connectivity index (χ0) is 15.8. The highest BCUT2D eigenvalue weighted by molar-refractivity contribution is 7.15. The number of tetrazole rings is 1. The Labute approximate surface area is 138 Å². The van der Waals surface area contributed by atoms with Crippen molar-refractivity contribution in [2.75, 3.05) is 0 Å². The van der Waals surface area contributed by atoms with Gasteiger partial charge in [0.2, 0.25) is 5.82 Å². The van der Waals surface area contributed by atoms with Crippen LogP contribution in [-0.2, 0) is 6.54 Å². The summed E-state index contributed by atoms with van der Waals surface area (Å²) in [5.41, 5.74) is 1.25. The minimum absolute atomic E-state index is 0.124. The van der Waals surface area contributed by atoms with Crippen LogP contribution in [0.5, 0.6) is 0 Å². The summed E-state index contributed by atoms with van der Waals surface area (Å²) in [6.07, 6.45) is 1.70. The first kappa shape index (κ1) is 14.0. The van der Waals surface area contributed by atoms with Gasteiger partial charge in [0.1, 0.15) is 6.54 Å². The van der Waals surface area contributed by atoms with Crippen molar-refractivity contribution >= 4 is 27.9 Å². The van der Waals surface area contributed by atoms with E-state index in [1.54, 1.807) is 18.3 Å². The Morgan fingerprint density at radius 3 is 3.04 bits per heavy atom. The van der Waals surface area contributed by atoms with Crippen molar-refractivity contribution in [1.29, 1.82) is 0 Å². The normalized spacial score (nSPS) is 11.2. The number of thiazole rings is 1. The molecule has 0 bridgehead atoms. The third kappa shape index (κ3) is 2.73. The second-order valence-electron chi connectivity index (χ2n) is 4.80. The van der Waals surface area contributed by atoms with E-state index in [2.05, 4.69) is 20.4 Å². The number of aromatic nitrogens is 6. The lowest BCUT2D eigenvalue weighted by Gasteiger charge is -1.99. The van der Waals surface area contributed by atoms with Crippen molar-refractivity contribution in [3.05, 3.63) is 63.0 Å². The Balaban J connectivity index is 1.65. The molecule has 0 radical (unpaired) electrons. The lowest BCUT2D eigenvalue weighted by Crippen LogP contribution is -2.15. The average Bonchev–Trinajstić information content (AvgIpc) is 3.16. The SMILES string of the molecule is O=c1cc(Cn2nnc(-c3cccc(Cl)c3)n2)nc2sccn12. The molecule has 23 heavy (non-hydrogen) atoms. The fraction of sp³-hybridized carbons (Fsp3) is 0.0714. The van der Waals surface area contributed by atoms with Crippen molar-refractivity contribution in [3.63, 3.8) is 0 Å². The molecule has 0 unspecified atom stereocenters. The molecule has 0 N–H and O–H groups in total. The first-order chi connectivity index (χ1) is 11.2. The molecular weight excluding hydrogens is 336 g/mol. The van der Waals surface area contributed by atoms with Crippen molar-refractivity contribution < 1.29 is 0 Å². The predicted octanol–water partition coefficient (Wildman–Crippen LogP) is 2.11. The van der Waals surface area contributed by atoms with Crippen molar-refractivity contribution in [3.8, 4) is 11.4 Å². The van der Waals surface area contributed by atoms with Crippen molar-refractivity contribution in [1.82, 2.24) is 29.6 Å². The van der Waals surface area contributed by atoms with Crippen LogP contribution in [-0.4, -0.2) is 29.6 Å². The molecule has 0 spiro atoms. The Morgan fingerprint density at radius 1 is 1.26 bits per heavy atom. The zero-order valence-electron chi connectivity index (χ0n) is 11.6. The monoisotopic (exact) mass is 344 g/mol. The number of benzene rings is 1. The summed E-state index contributed by atoms with van der Waals surface area (Å²) in [6.45, 7) is 0.275. The van der Waals surface area contributed by atoms with Gasteiger partial charge in [-0.3, -0.25) is 9.20 Å². The van der Waals surface area contributed by atoms with E-state index in [9.17, 15) is 4.79 Å². The molecule has 4 rings (SSSR count). The van der Waals surface area contributed by atoms with E-state index in [1.807, 2.05) is 17.5 Å². The smallest absolute Gasteiger partial charge is 0.258 e. The average molecular weight is 345 g/mol. The summed E-state index contributed by atoms with van der Waals surface area (Å²) in [5.74, 6) is 0.474. The highest BCUT2D eigenvalue weighted by atomic mass is 35.5. The first-order valence-corrected chi connectivity index (χ1v) is 7.94. The fourth-order valence-corrected chi connectivity index (χ4v) is 3.10. The van der Waals surface area contributed by atoms with E-state index in [4.69, 9.17) is 11.6 Å². The minimum atomic E-state index is -0.124. The second-order valence-corrected chi connectivity index (χ2v) is 6.10. The minimum Gasteiger partial charge on any atom is -0.269 e. The standard InChI is InChI=1S/C14H9ClN6OS/c15-10-3-1-2-9(6-10)13-17-19-21(18-13)8-11-7-12(22)20-4-5-23-14(20)16-11/h1-7H,8H2. The van der Waals surface area contributed by atoms with Gasteiger partial charge in [-0.2, -0.15) is 4.80 Å². The van der Waals surface area contributed by atoms with Gasteiger partial charge in [0.05, 0.1) is 5.69 Å². The molecule has 0 saturated carbocycles. The summed E-state index contributed by atoms with van der Waals surface area (Å²) >= 11 is 7.37. The van der Waals surface area contributed by atoms with Crippen LogP contribution in [0.1, 0.15) is 5.69 Å². The summed E-state index contributed by atoms with van der Waals surface area (Å²) in [4.78, 5) is 18.4. The highest BCUT2D eigenvalue weighted by Crippen LogP contribution is 2.18. The molecule has 0 aliphatic rings. The fourth-order valence-electron chi connectivity index (χ4n) is 2.17. The summed E-state index contributed by atoms with van der Waals surface area (Å²) in [5, 5.41) is 14.7. The number of nitrogens with zero attached hydrogens (tertiary/aromatic N) is 6. The summed E-state index contributed by atoms with van der Waals surface area (Å²) < 4.78 is 1.50. The van der Waals surface area contributed by atoms with Gasteiger partial charge in [0.25, 0.3) is 5.56 Å². The van der Waals surface area contributed by atoms with Gasteiger partial charge in [0.15, 0.2) is 4.96 Å². The van der Waals surface area contributed by atoms with E-state index >= 15 is 0 Å². The van der Waals surface area contributed by atoms with Crippen LogP contribution in [0.2, 0.25) is 5.02 Å². The first-order valence-electron chi connectivity index (χ1n) is 6.68. The number of fused-ring (bicyclic) bond motifs is 1. The predicted molar refractivity (Wildman–Crippen MR) is 86.7 cm³/mol. The van der Waals surface area contributed by atoms with Crippen LogP contribution in [0.25, 0.3) is 16.3 Å². The molecule has 0 saturated heterocycles. The van der Waals surface area contributed by atoms with Gasteiger partial charge >= 0.3 is 0 Å². The van der Waals surface area contributed by atoms with E-state index in [0.29, 0.717) is 21.5 Å². The van der Waals surface area contributed by atoms with Crippen LogP contribution in [0, 0.1) is 0 Å². The van der Waals surface area contributed by atoms with Crippen LogP contribution < -0.4 is 5.56 Å². The largest absolute Gasteiger partial charge is 0.269 e. The van der Waals surface area contributed by atoms with Crippen LogP contribution in [0.4, 0.5) is 0 Å². The Kier molecular flexibility index (Phi) is 3.40. The lowest BCUT2D eigenvalue weighted by molar-refractivity contribution is 0.564. The molecule has 7 nitrogen and oxygen atoms in total. The van der Waals surface area contributed by atoms with Crippen LogP contribution >= 0.6 is 22.9 Å². The summed E-state index contributed by atoms with van der Waals surface area (Å²) in [6, 6.07) is 8.71. The molecule has 0 amide bonds. The molecule has 114 valence electrons. The Morgan fingerprint density at radius 2 is 2.17 bits per heavy atom. The summed E-state index contributed by atoms with van der Waals surface area (Å²) in [7, 11) is 0. The molecule has 4 aromatic rings. The molecule has 1 aromatic carbocycles. The maximum absolute atomic E-state index is 12.0. The second kappa shape index (κ2) is 5.56. The van der Waals surface area contributed by atoms with Gasteiger partial charge in [-0.25, -0.2) is 4.98 Å². The Bertz CT molecular complexity index is 1050. The van der Waals surface area contributed by atoms with Gasteiger partial charge in [0, 0.05) is 28.2 Å². The van der Waals surface area contributed by atoms with Gasteiger partial charge in [-0.1, -0.05) is 23.7 Å². The van der Waals surface area contributed by atoms with Crippen molar-refractivity contribution in [2.45, 2.75) is 6.54 Å². The van der Waals surface area contributed by atoms with E-state index < -0.39 is 0 Å². The van der Waals surface area contributed by atoms with Crippen molar-refractivity contribution in [2.24, 2.45) is 0 Å². The topological polar surface area (TPSA) is 78.0 Å². The van der Waals surface area contributed by atoms with Crippen LogP contribution in [0.15, 0.2) is 46.7 Å². The molecule has 3 aromatic heterocycles.